The molecule has 0 aliphatic heterocycles. The fourth-order valence-electron chi connectivity index (χ4n) is 1.60. The molecule has 0 saturated heterocycles. The van der Waals surface area contributed by atoms with Gasteiger partial charge in [-0.1, -0.05) is 0 Å². The van der Waals surface area contributed by atoms with E-state index in [4.69, 9.17) is 0 Å². The van der Waals surface area contributed by atoms with Crippen LogP contribution >= 0.6 is 0 Å². The monoisotopic (exact) mass is 274 g/mol. The Labute approximate surface area is 118 Å². The Bertz CT molecular complexity index is 428. The maximum absolute atomic E-state index is 3.23. The third-order valence-corrected chi connectivity index (χ3v) is 2.27. The molecule has 0 amide bonds. The Morgan fingerprint density at radius 1 is 1.33 bits per heavy atom. The maximum Gasteiger partial charge on any atom is 0 e. The van der Waals surface area contributed by atoms with Gasteiger partial charge in [-0.3, -0.25) is 0 Å². The quantitative estimate of drug-likeness (QED) is 0.711. The molecule has 15 heavy (non-hydrogen) atoms. The van der Waals surface area contributed by atoms with Crippen LogP contribution in [-0.2, 0) is 38.1 Å². The average Bonchev–Trinajstić information content (AvgIpc) is 2.45. The van der Waals surface area contributed by atoms with E-state index in [0.717, 1.165) is 0 Å². The summed E-state index contributed by atoms with van der Waals surface area (Å²) >= 11 is 0. The molecule has 0 aliphatic rings. The first kappa shape index (κ1) is 15.1. The van der Waals surface area contributed by atoms with Gasteiger partial charge in [0.2, 0.25) is 0 Å². The molecule has 1 radical (unpaired) electrons. The van der Waals surface area contributed by atoms with Crippen LogP contribution in [0.15, 0.2) is 18.1 Å². The smallest absolute Gasteiger partial charge is 0 e. The summed E-state index contributed by atoms with van der Waals surface area (Å²) in [6, 6.07) is 4.21. The topological polar surface area (TPSA) is 15.8 Å². The van der Waals surface area contributed by atoms with Crippen LogP contribution in [-0.4, -0.2) is 11.9 Å². The van der Waals surface area contributed by atoms with Crippen molar-refractivity contribution in [3.63, 3.8) is 0 Å². The Hall–Kier alpha value is 0.0588. The molecule has 0 spiro atoms. The number of H-pyrrole nitrogens is 1. The summed E-state index contributed by atoms with van der Waals surface area (Å²) in [5.74, 6) is 2.04. The zero-order chi connectivity index (χ0) is 9.47. The van der Waals surface area contributed by atoms with Crippen molar-refractivity contribution in [2.24, 2.45) is 0 Å². The van der Waals surface area contributed by atoms with Gasteiger partial charge in [-0.05, 0) is 0 Å². The van der Waals surface area contributed by atoms with Crippen LogP contribution in [0.1, 0.15) is 26.3 Å². The van der Waals surface area contributed by atoms with Crippen LogP contribution in [0, 0.1) is 13.6 Å². The van der Waals surface area contributed by atoms with E-state index in [1.54, 1.807) is 0 Å². The normalized spacial score (nSPS) is 10.3. The van der Waals surface area contributed by atoms with Crippen molar-refractivity contribution < 1.29 is 32.7 Å². The van der Waals surface area contributed by atoms with E-state index in [1.165, 1.54) is 16.4 Å². The second-order valence-corrected chi connectivity index (χ2v) is 4.42. The zero-order valence-electron chi connectivity index (χ0n) is 9.89. The molecule has 1 N–H and O–H groups in total. The summed E-state index contributed by atoms with van der Waals surface area (Å²) in [7, 11) is 0. The van der Waals surface area contributed by atoms with E-state index in [1.807, 2.05) is 5.96 Å². The number of aromatic amines is 1. The fourth-order valence-corrected chi connectivity index (χ4v) is 1.60. The molecule has 0 fully saturated rings. The standard InChI is InChI=1S/C11H13BN.CH3.Y/c1-11(2,3)9-7-13-10-8(9)5-4-6-12-10;;/h4-6,13H,1-3H3;1H3;/q2*-1;. The Morgan fingerprint density at radius 3 is 2.60 bits per heavy atom. The van der Waals surface area contributed by atoms with E-state index in [9.17, 15) is 0 Å². The molecule has 2 rings (SSSR count). The van der Waals surface area contributed by atoms with Gasteiger partial charge < -0.3 is 7.43 Å². The van der Waals surface area contributed by atoms with Gasteiger partial charge >= 0.3 is 78.7 Å². The van der Waals surface area contributed by atoms with Crippen LogP contribution in [0.4, 0.5) is 0 Å². The number of fused-ring (bicyclic) bond motifs is 1. The van der Waals surface area contributed by atoms with Crippen LogP contribution < -0.4 is 0 Å². The van der Waals surface area contributed by atoms with Gasteiger partial charge in [-0.25, -0.2) is 0 Å². The van der Waals surface area contributed by atoms with Gasteiger partial charge in [0.05, 0.1) is 0 Å². The van der Waals surface area contributed by atoms with Gasteiger partial charge in [0.15, 0.2) is 0 Å². The van der Waals surface area contributed by atoms with E-state index < -0.39 is 0 Å². The molecule has 3 heteroatoms. The minimum atomic E-state index is 0. The predicted octanol–water partition coefficient (Wildman–Crippen LogP) is 3.05. The minimum absolute atomic E-state index is 0. The molecule has 0 aromatic carbocycles. The van der Waals surface area contributed by atoms with E-state index in [-0.39, 0.29) is 45.6 Å². The molecule has 0 aliphatic carbocycles. The van der Waals surface area contributed by atoms with Crippen molar-refractivity contribution >= 4 is 17.7 Å². The first-order valence-electron chi connectivity index (χ1n) is 4.58. The summed E-state index contributed by atoms with van der Waals surface area (Å²) in [5.41, 5.74) is 2.61. The fraction of sp³-hybridized carbons (Fsp3) is 0.333. The summed E-state index contributed by atoms with van der Waals surface area (Å²) in [6.45, 7) is 8.71. The molecule has 0 bridgehead atoms. The SMILES string of the molecule is CC(C)(C)c1[c-][nH]c2bcccc12.[CH3-].[Y]. The molecule has 2 heterocycles. The van der Waals surface area contributed by atoms with Crippen molar-refractivity contribution in [3.05, 3.63) is 37.3 Å². The van der Waals surface area contributed by atoms with E-state index >= 15 is 0 Å². The van der Waals surface area contributed by atoms with Gasteiger partial charge in [0.1, 0.15) is 0 Å². The van der Waals surface area contributed by atoms with Gasteiger partial charge in [0.25, 0.3) is 0 Å². The van der Waals surface area contributed by atoms with E-state index in [2.05, 4.69) is 51.0 Å². The van der Waals surface area contributed by atoms with Crippen molar-refractivity contribution in [1.29, 1.82) is 0 Å². The summed E-state index contributed by atoms with van der Waals surface area (Å²) in [6.07, 6.45) is 3.23. The van der Waals surface area contributed by atoms with Crippen molar-refractivity contribution in [2.75, 3.05) is 0 Å². The molecular formula is C12H16BNY-2. The minimum Gasteiger partial charge on any atom is -0.358 e. The molecule has 1 nitrogen and oxygen atoms in total. The Kier molecular flexibility index (Phi) is 5.43. The number of aromatic nitrogens is 1. The molecular weight excluding hydrogens is 258 g/mol. The third-order valence-electron chi connectivity index (χ3n) is 2.27. The molecule has 0 atom stereocenters. The second kappa shape index (κ2) is 5.41. The number of nitrogens with one attached hydrogen (secondary N) is 1. The first-order valence-corrected chi connectivity index (χ1v) is 4.58. The molecule has 2 aromatic rings. The van der Waals surface area contributed by atoms with Crippen molar-refractivity contribution in [2.45, 2.75) is 26.2 Å². The summed E-state index contributed by atoms with van der Waals surface area (Å²) < 4.78 is 0. The summed E-state index contributed by atoms with van der Waals surface area (Å²) in [4.78, 5) is 3.17. The molecule has 77 valence electrons. The Morgan fingerprint density at radius 2 is 2.00 bits per heavy atom. The van der Waals surface area contributed by atoms with Crippen molar-refractivity contribution in [1.82, 2.24) is 4.98 Å². The maximum atomic E-state index is 3.23. The summed E-state index contributed by atoms with van der Waals surface area (Å²) in [5, 5.41) is 1.29. The van der Waals surface area contributed by atoms with Gasteiger partial charge in [0, 0.05) is 32.7 Å². The average molecular weight is 274 g/mol. The second-order valence-electron chi connectivity index (χ2n) is 4.42. The van der Waals surface area contributed by atoms with Crippen LogP contribution in [0.5, 0.6) is 0 Å². The third kappa shape index (κ3) is 3.01. The number of hydrogen-bond donors (Lipinski definition) is 1. The van der Waals surface area contributed by atoms with Crippen LogP contribution in [0.3, 0.4) is 0 Å². The zero-order valence-corrected chi connectivity index (χ0v) is 12.7. The molecule has 0 saturated carbocycles. The predicted molar refractivity (Wildman–Crippen MR) is 63.6 cm³/mol. The number of hydrogen-bond acceptors (Lipinski definition) is 0. The van der Waals surface area contributed by atoms with Crippen LogP contribution in [0.25, 0.3) is 10.8 Å². The van der Waals surface area contributed by atoms with Crippen molar-refractivity contribution in [3.8, 4) is 0 Å². The largest absolute Gasteiger partial charge is 0.358 e. The first-order chi connectivity index (χ1) is 6.09. The van der Waals surface area contributed by atoms with Gasteiger partial charge in [-0.15, -0.1) is 0 Å². The molecule has 2 aromatic heterocycles. The van der Waals surface area contributed by atoms with Crippen LogP contribution in [0.2, 0.25) is 0 Å². The van der Waals surface area contributed by atoms with E-state index in [0.29, 0.717) is 0 Å². The Balaban J connectivity index is 0.000000980. The van der Waals surface area contributed by atoms with Gasteiger partial charge in [-0.2, -0.15) is 0 Å². The molecule has 0 unspecified atom stereocenters. The number of rotatable bonds is 0.